The Labute approximate surface area is 90.3 Å². The van der Waals surface area contributed by atoms with Crippen LogP contribution in [0, 0.1) is 5.82 Å². The molecule has 0 amide bonds. The second-order valence-electron chi connectivity index (χ2n) is 2.57. The summed E-state index contributed by atoms with van der Waals surface area (Å²) in [6, 6.07) is 5.20. The summed E-state index contributed by atoms with van der Waals surface area (Å²) in [5.74, 6) is -0.110. The summed E-state index contributed by atoms with van der Waals surface area (Å²) in [5.41, 5.74) is 0.802. The van der Waals surface area contributed by atoms with Crippen LogP contribution < -0.4 is 0 Å². The minimum atomic E-state index is -0.110. The van der Waals surface area contributed by atoms with Gasteiger partial charge < -0.3 is 0 Å². The van der Waals surface area contributed by atoms with Crippen LogP contribution in [-0.2, 0) is 16.0 Å². The Morgan fingerprint density at radius 3 is 2.43 bits per heavy atom. The van der Waals surface area contributed by atoms with Gasteiger partial charge in [-0.25, -0.2) is 4.39 Å². The van der Waals surface area contributed by atoms with E-state index in [9.17, 15) is 4.39 Å². The molecule has 1 aromatic rings. The van der Waals surface area contributed by atoms with Gasteiger partial charge >= 0.3 is 6.15 Å². The Balaban J connectivity index is 0.000000500. The van der Waals surface area contributed by atoms with Gasteiger partial charge in [-0.2, -0.15) is 9.59 Å². The van der Waals surface area contributed by atoms with Gasteiger partial charge in [-0.15, -0.1) is 0 Å². The van der Waals surface area contributed by atoms with Gasteiger partial charge in [0.1, 0.15) is 5.82 Å². The lowest BCUT2D eigenvalue weighted by molar-refractivity contribution is -0.191. The first-order valence-electron chi connectivity index (χ1n) is 4.08. The van der Waals surface area contributed by atoms with E-state index in [1.54, 1.807) is 0 Å². The maximum atomic E-state index is 13.0. The van der Waals surface area contributed by atoms with E-state index in [4.69, 9.17) is 9.59 Å². The van der Waals surface area contributed by atoms with E-state index in [-0.39, 0.29) is 12.0 Å². The topological polar surface area (TPSA) is 34.1 Å². The Morgan fingerprint density at radius 1 is 1.43 bits per heavy atom. The maximum Gasteiger partial charge on any atom is 0.373 e. The number of rotatable bonds is 2. The van der Waals surface area contributed by atoms with E-state index < -0.39 is 0 Å². The Bertz CT molecular complexity index is 320. The number of benzene rings is 1. The molecule has 1 rings (SSSR count). The van der Waals surface area contributed by atoms with Crippen molar-refractivity contribution in [3.05, 3.63) is 34.1 Å². The van der Waals surface area contributed by atoms with Crippen molar-refractivity contribution >= 4 is 22.1 Å². The normalized spacial score (nSPS) is 8.50. The number of halogens is 2. The molecule has 0 N–H and O–H groups in total. The summed E-state index contributed by atoms with van der Waals surface area (Å²) >= 11 is 3.21. The molecule has 0 aliphatic carbocycles. The van der Waals surface area contributed by atoms with Gasteiger partial charge in [0.15, 0.2) is 0 Å². The summed E-state index contributed by atoms with van der Waals surface area (Å²) in [6.45, 7) is 2.04. The average Bonchev–Trinajstić information content (AvgIpc) is 2.11. The van der Waals surface area contributed by atoms with Crippen molar-refractivity contribution in [1.29, 1.82) is 0 Å². The molecule has 0 saturated carbocycles. The zero-order chi connectivity index (χ0) is 11.0. The Morgan fingerprint density at radius 2 is 2.00 bits per heavy atom. The molecular weight excluding hydrogens is 251 g/mol. The third kappa shape index (κ3) is 4.90. The van der Waals surface area contributed by atoms with Gasteiger partial charge in [0.2, 0.25) is 0 Å². The highest BCUT2D eigenvalue weighted by molar-refractivity contribution is 9.10. The van der Waals surface area contributed by atoms with Crippen LogP contribution in [-0.4, -0.2) is 6.15 Å². The van der Waals surface area contributed by atoms with Crippen molar-refractivity contribution < 1.29 is 14.0 Å². The van der Waals surface area contributed by atoms with E-state index in [0.29, 0.717) is 0 Å². The molecule has 0 fully saturated rings. The molecule has 2 nitrogen and oxygen atoms in total. The predicted octanol–water partition coefficient (Wildman–Crippen LogP) is 2.96. The number of hydrogen-bond donors (Lipinski definition) is 0. The molecule has 0 radical (unpaired) electrons. The fraction of sp³-hybridized carbons (Fsp3) is 0.300. The smallest absolute Gasteiger partial charge is 0.207 e. The van der Waals surface area contributed by atoms with Gasteiger partial charge in [0.25, 0.3) is 0 Å². The molecule has 0 spiro atoms. The summed E-state index contributed by atoms with van der Waals surface area (Å²) in [6.07, 6.45) is 2.05. The van der Waals surface area contributed by atoms with Crippen LogP contribution >= 0.6 is 15.9 Å². The highest BCUT2D eigenvalue weighted by Crippen LogP contribution is 2.16. The van der Waals surface area contributed by atoms with Crippen LogP contribution in [0.15, 0.2) is 22.7 Å². The van der Waals surface area contributed by atoms with Crippen LogP contribution in [0.3, 0.4) is 0 Å². The first-order valence-corrected chi connectivity index (χ1v) is 4.88. The van der Waals surface area contributed by atoms with Crippen molar-refractivity contribution in [3.8, 4) is 0 Å². The minimum absolute atomic E-state index is 0.110. The highest BCUT2D eigenvalue weighted by Gasteiger charge is 1.99. The minimum Gasteiger partial charge on any atom is -0.207 e. The van der Waals surface area contributed by atoms with Gasteiger partial charge in [0, 0.05) is 4.47 Å². The van der Waals surface area contributed by atoms with Crippen molar-refractivity contribution in [1.82, 2.24) is 0 Å². The second kappa shape index (κ2) is 7.42. The van der Waals surface area contributed by atoms with Gasteiger partial charge in [-0.1, -0.05) is 35.3 Å². The standard InChI is InChI=1S/C9H10BrF.CO2/c1-2-3-7-4-5-8(10)6-9(7)11;2-1-3/h4-6H,2-3H2,1H3;. The van der Waals surface area contributed by atoms with Crippen molar-refractivity contribution in [2.24, 2.45) is 0 Å². The van der Waals surface area contributed by atoms with Crippen LogP contribution in [0.5, 0.6) is 0 Å². The van der Waals surface area contributed by atoms with Crippen molar-refractivity contribution in [3.63, 3.8) is 0 Å². The zero-order valence-electron chi connectivity index (χ0n) is 7.72. The third-order valence-corrected chi connectivity index (χ3v) is 2.03. The molecule has 0 saturated heterocycles. The number of carbonyl (C=O) groups excluding carboxylic acids is 2. The maximum absolute atomic E-state index is 13.0. The lowest BCUT2D eigenvalue weighted by atomic mass is 10.1. The molecule has 0 aliphatic heterocycles. The largest absolute Gasteiger partial charge is 0.373 e. The van der Waals surface area contributed by atoms with Crippen molar-refractivity contribution in [2.45, 2.75) is 19.8 Å². The summed E-state index contributed by atoms with van der Waals surface area (Å²) in [4.78, 5) is 16.2. The molecule has 0 bridgehead atoms. The Kier molecular flexibility index (Phi) is 6.89. The molecule has 4 heteroatoms. The van der Waals surface area contributed by atoms with Crippen LogP contribution in [0.4, 0.5) is 4.39 Å². The molecule has 1 aromatic carbocycles. The zero-order valence-corrected chi connectivity index (χ0v) is 9.30. The average molecular weight is 261 g/mol. The molecule has 0 aromatic heterocycles. The molecule has 0 heterocycles. The molecular formula is C10H10BrFO2. The monoisotopic (exact) mass is 260 g/mol. The molecule has 14 heavy (non-hydrogen) atoms. The van der Waals surface area contributed by atoms with Crippen LogP contribution in [0.25, 0.3) is 0 Å². The fourth-order valence-corrected chi connectivity index (χ4v) is 1.33. The van der Waals surface area contributed by atoms with E-state index in [0.717, 1.165) is 22.9 Å². The summed E-state index contributed by atoms with van der Waals surface area (Å²) < 4.78 is 13.8. The van der Waals surface area contributed by atoms with Gasteiger partial charge in [-0.05, 0) is 24.1 Å². The molecule has 0 atom stereocenters. The Hall–Kier alpha value is -0.990. The van der Waals surface area contributed by atoms with E-state index in [2.05, 4.69) is 15.9 Å². The van der Waals surface area contributed by atoms with Crippen LogP contribution in [0.1, 0.15) is 18.9 Å². The number of hydrogen-bond acceptors (Lipinski definition) is 2. The molecule has 76 valence electrons. The number of aryl methyl sites for hydroxylation is 1. The molecule has 0 aliphatic rings. The first kappa shape index (κ1) is 13.0. The third-order valence-electron chi connectivity index (χ3n) is 1.53. The molecule has 0 unspecified atom stereocenters. The van der Waals surface area contributed by atoms with Crippen LogP contribution in [0.2, 0.25) is 0 Å². The lowest BCUT2D eigenvalue weighted by Gasteiger charge is -2.00. The summed E-state index contributed by atoms with van der Waals surface area (Å²) in [7, 11) is 0. The quantitative estimate of drug-likeness (QED) is 0.820. The predicted molar refractivity (Wildman–Crippen MR) is 53.1 cm³/mol. The van der Waals surface area contributed by atoms with Gasteiger partial charge in [0.05, 0.1) is 0 Å². The highest BCUT2D eigenvalue weighted by atomic mass is 79.9. The SMILES string of the molecule is CCCc1ccc(Br)cc1F.O=C=O. The lowest BCUT2D eigenvalue weighted by Crippen LogP contribution is -1.88. The van der Waals surface area contributed by atoms with Crippen molar-refractivity contribution in [2.75, 3.05) is 0 Å². The van der Waals surface area contributed by atoms with E-state index >= 15 is 0 Å². The summed E-state index contributed by atoms with van der Waals surface area (Å²) in [5, 5.41) is 0. The second-order valence-corrected chi connectivity index (χ2v) is 3.48. The first-order chi connectivity index (χ1) is 6.65. The fourth-order valence-electron chi connectivity index (χ4n) is 0.994. The van der Waals surface area contributed by atoms with Gasteiger partial charge in [-0.3, -0.25) is 0 Å². The van der Waals surface area contributed by atoms with E-state index in [1.165, 1.54) is 6.07 Å². The van der Waals surface area contributed by atoms with E-state index in [1.807, 2.05) is 19.1 Å².